The van der Waals surface area contributed by atoms with Gasteiger partial charge in [-0.1, -0.05) is 0 Å². The molecular weight excluding hydrogens is 330 g/mol. The van der Waals surface area contributed by atoms with Crippen LogP contribution in [0.3, 0.4) is 0 Å². The van der Waals surface area contributed by atoms with Gasteiger partial charge in [-0.05, 0) is 64.5 Å². The fourth-order valence-electron chi connectivity index (χ4n) is 3.55. The molecule has 1 aliphatic carbocycles. The van der Waals surface area contributed by atoms with Crippen LogP contribution in [0.5, 0.6) is 0 Å². The largest absolute Gasteiger partial charge is 0.444 e. The van der Waals surface area contributed by atoms with E-state index in [9.17, 15) is 9.59 Å². The number of alkyl carbamates (subject to hydrolysis) is 1. The molecule has 140 valence electrons. The average Bonchev–Trinajstić information content (AvgIpc) is 2.97. The number of hydrogen-bond acceptors (Lipinski definition) is 5. The van der Waals surface area contributed by atoms with Gasteiger partial charge in [-0.2, -0.15) is 0 Å². The van der Waals surface area contributed by atoms with Crippen molar-refractivity contribution in [2.75, 3.05) is 13.1 Å². The summed E-state index contributed by atoms with van der Waals surface area (Å²) < 4.78 is 5.21. The lowest BCUT2D eigenvalue weighted by molar-refractivity contribution is -0.117. The first-order valence-electron chi connectivity index (χ1n) is 9.36. The molecule has 0 fully saturated rings. The molecule has 1 amide bonds. The molecule has 0 aromatic carbocycles. The highest BCUT2D eigenvalue weighted by Gasteiger charge is 2.32. The maximum absolute atomic E-state index is 13.0. The molecule has 0 aromatic rings. The summed E-state index contributed by atoms with van der Waals surface area (Å²) in [6.07, 6.45) is 7.35. The van der Waals surface area contributed by atoms with Crippen LogP contribution in [0.15, 0.2) is 32.8 Å². The van der Waals surface area contributed by atoms with Gasteiger partial charge < -0.3 is 10.1 Å². The SMILES string of the molecule is CC(C)(C)OC(=O)NCCCC1N=C/C=C2/CN=C3CCCC(=C32)C1=O. The number of rotatable bonds is 4. The van der Waals surface area contributed by atoms with Crippen molar-refractivity contribution in [1.82, 2.24) is 5.32 Å². The van der Waals surface area contributed by atoms with Crippen molar-refractivity contribution in [2.24, 2.45) is 9.98 Å². The minimum Gasteiger partial charge on any atom is -0.444 e. The van der Waals surface area contributed by atoms with Crippen molar-refractivity contribution < 1.29 is 14.3 Å². The standard InChI is InChI=1S/C20H27N3O3/c1-20(2,3)26-19(25)22-10-5-8-16-18(24)14-6-4-7-15-17(14)13(12-23-15)9-11-21-16/h9,11,16H,4-8,10,12H2,1-3H3,(H,22,25)/b13-9-,21-11?. The summed E-state index contributed by atoms with van der Waals surface area (Å²) in [7, 11) is 0. The van der Waals surface area contributed by atoms with Gasteiger partial charge in [-0.15, -0.1) is 0 Å². The molecule has 0 saturated carbocycles. The number of ketones is 1. The van der Waals surface area contributed by atoms with E-state index in [1.807, 2.05) is 26.8 Å². The Kier molecular flexibility index (Phi) is 5.39. The van der Waals surface area contributed by atoms with E-state index >= 15 is 0 Å². The first-order valence-corrected chi connectivity index (χ1v) is 9.36. The quantitative estimate of drug-likeness (QED) is 0.785. The molecule has 26 heavy (non-hydrogen) atoms. The molecular formula is C20H27N3O3. The van der Waals surface area contributed by atoms with Crippen molar-refractivity contribution in [3.05, 3.63) is 22.8 Å². The summed E-state index contributed by atoms with van der Waals surface area (Å²) in [6, 6.07) is -0.379. The Hall–Kier alpha value is -2.24. The fourth-order valence-corrected chi connectivity index (χ4v) is 3.55. The highest BCUT2D eigenvalue weighted by molar-refractivity contribution is 6.16. The van der Waals surface area contributed by atoms with Gasteiger partial charge in [-0.25, -0.2) is 4.79 Å². The van der Waals surface area contributed by atoms with Crippen LogP contribution in [0, 0.1) is 0 Å². The van der Waals surface area contributed by atoms with Crippen molar-refractivity contribution >= 4 is 23.8 Å². The lowest BCUT2D eigenvalue weighted by Gasteiger charge is -2.23. The van der Waals surface area contributed by atoms with E-state index in [1.54, 1.807) is 6.21 Å². The van der Waals surface area contributed by atoms with E-state index < -0.39 is 11.7 Å². The van der Waals surface area contributed by atoms with Crippen LogP contribution in [0.2, 0.25) is 0 Å². The van der Waals surface area contributed by atoms with Gasteiger partial charge in [0.15, 0.2) is 5.78 Å². The minimum atomic E-state index is -0.511. The van der Waals surface area contributed by atoms with Gasteiger partial charge in [0.25, 0.3) is 0 Å². The van der Waals surface area contributed by atoms with Gasteiger partial charge in [0.05, 0.1) is 6.54 Å². The van der Waals surface area contributed by atoms with E-state index in [1.165, 1.54) is 0 Å². The second-order valence-electron chi connectivity index (χ2n) is 7.91. The number of carbonyl (C=O) groups is 2. The number of hydrogen-bond donors (Lipinski definition) is 1. The van der Waals surface area contributed by atoms with E-state index in [2.05, 4.69) is 15.3 Å². The first kappa shape index (κ1) is 18.5. The van der Waals surface area contributed by atoms with E-state index in [-0.39, 0.29) is 11.8 Å². The molecule has 3 rings (SSSR count). The topological polar surface area (TPSA) is 80.1 Å². The number of Topliss-reactive ketones (excluding diaryl/α,β-unsaturated/α-hetero) is 1. The zero-order chi connectivity index (χ0) is 18.7. The Labute approximate surface area is 154 Å². The predicted molar refractivity (Wildman–Crippen MR) is 102 cm³/mol. The second-order valence-corrected chi connectivity index (χ2v) is 7.91. The predicted octanol–water partition coefficient (Wildman–Crippen LogP) is 3.17. The van der Waals surface area contributed by atoms with Crippen LogP contribution in [-0.2, 0) is 9.53 Å². The molecule has 2 aliphatic heterocycles. The Morgan fingerprint density at radius 3 is 2.92 bits per heavy atom. The van der Waals surface area contributed by atoms with E-state index in [0.29, 0.717) is 25.9 Å². The first-order chi connectivity index (χ1) is 12.3. The number of ether oxygens (including phenoxy) is 1. The Bertz CT molecular complexity index is 723. The lowest BCUT2D eigenvalue weighted by Crippen LogP contribution is -2.33. The number of allylic oxidation sites excluding steroid dienone is 1. The van der Waals surface area contributed by atoms with Crippen molar-refractivity contribution in [2.45, 2.75) is 64.5 Å². The molecule has 6 nitrogen and oxygen atoms in total. The summed E-state index contributed by atoms with van der Waals surface area (Å²) in [4.78, 5) is 33.7. The van der Waals surface area contributed by atoms with Gasteiger partial charge in [-0.3, -0.25) is 14.8 Å². The van der Waals surface area contributed by atoms with Crippen LogP contribution in [0.4, 0.5) is 4.79 Å². The molecule has 1 atom stereocenters. The average molecular weight is 357 g/mol. The molecule has 1 N–H and O–H groups in total. The van der Waals surface area contributed by atoms with Gasteiger partial charge in [0.2, 0.25) is 0 Å². The number of aliphatic imine (C=N–C) groups is 2. The molecule has 0 radical (unpaired) electrons. The normalized spacial score (nSPS) is 24.3. The highest BCUT2D eigenvalue weighted by Crippen LogP contribution is 2.34. The summed E-state index contributed by atoms with van der Waals surface area (Å²) in [5.41, 5.74) is 3.69. The zero-order valence-corrected chi connectivity index (χ0v) is 15.8. The van der Waals surface area contributed by atoms with E-state index in [0.717, 1.165) is 41.7 Å². The molecule has 1 unspecified atom stereocenters. The summed E-state index contributed by atoms with van der Waals surface area (Å²) in [5, 5.41) is 2.73. The number of carbonyl (C=O) groups excluding carboxylic acids is 2. The van der Waals surface area contributed by atoms with Gasteiger partial charge in [0.1, 0.15) is 11.6 Å². The number of nitrogens with one attached hydrogen (secondary N) is 1. The summed E-state index contributed by atoms with van der Waals surface area (Å²) >= 11 is 0. The maximum atomic E-state index is 13.0. The Balaban J connectivity index is 1.59. The van der Waals surface area contributed by atoms with Crippen LogP contribution in [-0.4, -0.2) is 48.5 Å². The molecule has 0 saturated heterocycles. The molecule has 0 bridgehead atoms. The number of nitrogens with zero attached hydrogens (tertiary/aromatic N) is 2. The second kappa shape index (κ2) is 7.56. The third-order valence-corrected chi connectivity index (χ3v) is 4.66. The van der Waals surface area contributed by atoms with Crippen molar-refractivity contribution in [3.8, 4) is 0 Å². The number of amides is 1. The van der Waals surface area contributed by atoms with Gasteiger partial charge >= 0.3 is 6.09 Å². The summed E-state index contributed by atoms with van der Waals surface area (Å²) in [5.74, 6) is 0.119. The van der Waals surface area contributed by atoms with Crippen LogP contribution in [0.1, 0.15) is 52.9 Å². The molecule has 0 aromatic heterocycles. The monoisotopic (exact) mass is 357 g/mol. The zero-order valence-electron chi connectivity index (χ0n) is 15.8. The van der Waals surface area contributed by atoms with Crippen molar-refractivity contribution in [1.29, 1.82) is 0 Å². The molecule has 2 heterocycles. The summed E-state index contributed by atoms with van der Waals surface area (Å²) in [6.45, 7) is 6.62. The molecule has 3 aliphatic rings. The fraction of sp³-hybridized carbons (Fsp3) is 0.600. The Morgan fingerprint density at radius 2 is 2.15 bits per heavy atom. The van der Waals surface area contributed by atoms with Crippen molar-refractivity contribution in [3.63, 3.8) is 0 Å². The van der Waals surface area contributed by atoms with Crippen LogP contribution >= 0.6 is 0 Å². The maximum Gasteiger partial charge on any atom is 0.407 e. The van der Waals surface area contributed by atoms with Gasteiger partial charge in [0, 0.05) is 29.6 Å². The lowest BCUT2D eigenvalue weighted by atomic mass is 9.82. The third kappa shape index (κ3) is 4.29. The minimum absolute atomic E-state index is 0.119. The van der Waals surface area contributed by atoms with E-state index in [4.69, 9.17) is 4.74 Å². The molecule has 6 heteroatoms. The smallest absolute Gasteiger partial charge is 0.407 e. The highest BCUT2D eigenvalue weighted by atomic mass is 16.6. The molecule has 0 spiro atoms. The van der Waals surface area contributed by atoms with Crippen LogP contribution in [0.25, 0.3) is 0 Å². The van der Waals surface area contributed by atoms with Crippen LogP contribution < -0.4 is 5.32 Å². The third-order valence-electron chi connectivity index (χ3n) is 4.66. The Morgan fingerprint density at radius 1 is 1.35 bits per heavy atom.